The molecular formula is C19H20F3NO2. The van der Waals surface area contributed by atoms with Crippen molar-refractivity contribution in [3.05, 3.63) is 46.9 Å². The van der Waals surface area contributed by atoms with Crippen LogP contribution in [0.5, 0.6) is 0 Å². The fraction of sp³-hybridized carbons (Fsp3) is 0.421. The van der Waals surface area contributed by atoms with E-state index >= 15 is 0 Å². The lowest BCUT2D eigenvalue weighted by atomic mass is 9.89. The van der Waals surface area contributed by atoms with E-state index in [1.54, 1.807) is 11.5 Å². The molecule has 1 N–H and O–H groups in total. The summed E-state index contributed by atoms with van der Waals surface area (Å²) in [5.41, 5.74) is 0.703. The molecular weight excluding hydrogens is 331 g/mol. The van der Waals surface area contributed by atoms with Crippen LogP contribution in [0.4, 0.5) is 13.2 Å². The van der Waals surface area contributed by atoms with E-state index in [-0.39, 0.29) is 16.8 Å². The number of aromatic carboxylic acids is 1. The van der Waals surface area contributed by atoms with E-state index in [0.717, 1.165) is 31.7 Å². The Kier molecular flexibility index (Phi) is 4.88. The van der Waals surface area contributed by atoms with Gasteiger partial charge in [-0.15, -0.1) is 0 Å². The molecule has 1 fully saturated rings. The second kappa shape index (κ2) is 6.94. The first kappa shape index (κ1) is 17.6. The molecule has 0 saturated heterocycles. The van der Waals surface area contributed by atoms with Crippen LogP contribution in [0, 0.1) is 30.3 Å². The van der Waals surface area contributed by atoms with Crippen LogP contribution in [0.1, 0.15) is 48.2 Å². The molecule has 0 aliphatic heterocycles. The van der Waals surface area contributed by atoms with E-state index < -0.39 is 23.4 Å². The predicted octanol–water partition coefficient (Wildman–Crippen LogP) is 5.16. The van der Waals surface area contributed by atoms with Gasteiger partial charge in [-0.2, -0.15) is 0 Å². The van der Waals surface area contributed by atoms with E-state index in [2.05, 4.69) is 0 Å². The van der Waals surface area contributed by atoms with Gasteiger partial charge in [0.05, 0.1) is 11.3 Å². The molecule has 0 bridgehead atoms. The van der Waals surface area contributed by atoms with Crippen molar-refractivity contribution in [2.75, 3.05) is 0 Å². The minimum atomic E-state index is -1.26. The maximum Gasteiger partial charge on any atom is 0.337 e. The number of halogens is 3. The first-order valence-electron chi connectivity index (χ1n) is 8.46. The van der Waals surface area contributed by atoms with Gasteiger partial charge in [0.2, 0.25) is 0 Å². The molecule has 2 aromatic rings. The lowest BCUT2D eigenvalue weighted by molar-refractivity contribution is 0.0696. The maximum atomic E-state index is 14.2. The van der Waals surface area contributed by atoms with Gasteiger partial charge in [-0.1, -0.05) is 19.3 Å². The molecule has 3 nitrogen and oxygen atoms in total. The van der Waals surface area contributed by atoms with Crippen LogP contribution in [0.15, 0.2) is 18.2 Å². The van der Waals surface area contributed by atoms with Gasteiger partial charge < -0.3 is 9.67 Å². The van der Waals surface area contributed by atoms with Gasteiger partial charge in [0.15, 0.2) is 11.6 Å². The van der Waals surface area contributed by atoms with E-state index in [4.69, 9.17) is 0 Å². The Morgan fingerprint density at radius 3 is 2.36 bits per heavy atom. The smallest absolute Gasteiger partial charge is 0.337 e. The molecule has 1 aromatic carbocycles. The monoisotopic (exact) mass is 351 g/mol. The number of aromatic nitrogens is 1. The van der Waals surface area contributed by atoms with Gasteiger partial charge in [-0.05, 0) is 37.8 Å². The van der Waals surface area contributed by atoms with Crippen LogP contribution in [0.3, 0.4) is 0 Å². The first-order chi connectivity index (χ1) is 11.9. The summed E-state index contributed by atoms with van der Waals surface area (Å²) in [7, 11) is 0. The summed E-state index contributed by atoms with van der Waals surface area (Å²) in [4.78, 5) is 11.5. The fourth-order valence-corrected chi connectivity index (χ4v) is 3.67. The van der Waals surface area contributed by atoms with Crippen molar-refractivity contribution in [1.29, 1.82) is 0 Å². The summed E-state index contributed by atoms with van der Waals surface area (Å²) in [6.45, 7) is 2.21. The van der Waals surface area contributed by atoms with Gasteiger partial charge >= 0.3 is 5.97 Å². The van der Waals surface area contributed by atoms with Crippen molar-refractivity contribution in [3.63, 3.8) is 0 Å². The number of hydrogen-bond donors (Lipinski definition) is 1. The topological polar surface area (TPSA) is 42.2 Å². The number of carboxylic acid groups (broad SMARTS) is 1. The molecule has 1 aliphatic carbocycles. The zero-order valence-electron chi connectivity index (χ0n) is 14.0. The summed E-state index contributed by atoms with van der Waals surface area (Å²) >= 11 is 0. The van der Waals surface area contributed by atoms with Gasteiger partial charge in [-0.3, -0.25) is 0 Å². The third-order valence-corrected chi connectivity index (χ3v) is 5.05. The molecule has 6 heteroatoms. The highest BCUT2D eigenvalue weighted by atomic mass is 19.2. The number of rotatable bonds is 4. The molecule has 134 valence electrons. The SMILES string of the molecule is Cc1c(C(=O)O)cc(-c2cc(F)c(F)cc2F)n1CC1CCCCC1. The molecule has 3 rings (SSSR count). The normalized spacial score (nSPS) is 15.5. The van der Waals surface area contributed by atoms with Crippen LogP contribution in [-0.4, -0.2) is 15.6 Å². The molecule has 1 aliphatic rings. The quantitative estimate of drug-likeness (QED) is 0.773. The Morgan fingerprint density at radius 2 is 1.72 bits per heavy atom. The largest absolute Gasteiger partial charge is 0.478 e. The minimum Gasteiger partial charge on any atom is -0.478 e. The Labute approximate surface area is 144 Å². The molecule has 1 heterocycles. The van der Waals surface area contributed by atoms with Gasteiger partial charge in [0.1, 0.15) is 5.82 Å². The molecule has 0 atom stereocenters. The molecule has 25 heavy (non-hydrogen) atoms. The first-order valence-corrected chi connectivity index (χ1v) is 8.46. The van der Waals surface area contributed by atoms with Crippen LogP contribution < -0.4 is 0 Å². The third-order valence-electron chi connectivity index (χ3n) is 5.05. The Balaban J connectivity index is 2.10. The number of carbonyl (C=O) groups is 1. The Bertz CT molecular complexity index is 807. The molecule has 0 amide bonds. The van der Waals surface area contributed by atoms with Crippen LogP contribution in [0.25, 0.3) is 11.3 Å². The summed E-state index contributed by atoms with van der Waals surface area (Å²) in [6, 6.07) is 2.64. The highest BCUT2D eigenvalue weighted by Crippen LogP contribution is 2.33. The van der Waals surface area contributed by atoms with Crippen molar-refractivity contribution >= 4 is 5.97 Å². The highest BCUT2D eigenvalue weighted by Gasteiger charge is 2.24. The van der Waals surface area contributed by atoms with Gasteiger partial charge in [0, 0.05) is 23.9 Å². The standard InChI is InChI=1S/C19H20F3NO2/c1-11-13(19(24)25)8-18(14-7-16(21)17(22)9-15(14)20)23(11)10-12-5-3-2-4-6-12/h7-9,12H,2-6,10H2,1H3,(H,24,25). The summed E-state index contributed by atoms with van der Waals surface area (Å²) in [5.74, 6) is -4.07. The second-order valence-electron chi connectivity index (χ2n) is 6.69. The summed E-state index contributed by atoms with van der Waals surface area (Å²) in [5, 5.41) is 9.38. The predicted molar refractivity (Wildman–Crippen MR) is 88.0 cm³/mol. The number of hydrogen-bond acceptors (Lipinski definition) is 1. The third kappa shape index (κ3) is 3.43. The molecule has 1 saturated carbocycles. The molecule has 0 unspecified atom stereocenters. The fourth-order valence-electron chi connectivity index (χ4n) is 3.67. The lowest BCUT2D eigenvalue weighted by Crippen LogP contribution is -2.16. The molecule has 0 radical (unpaired) electrons. The maximum absolute atomic E-state index is 14.2. The zero-order chi connectivity index (χ0) is 18.1. The van der Waals surface area contributed by atoms with Gasteiger partial charge in [-0.25, -0.2) is 18.0 Å². The van der Waals surface area contributed by atoms with Crippen molar-refractivity contribution in [2.24, 2.45) is 5.92 Å². The average Bonchev–Trinajstić information content (AvgIpc) is 2.89. The summed E-state index contributed by atoms with van der Waals surface area (Å²) in [6.07, 6.45) is 5.48. The van der Waals surface area contributed by atoms with E-state index in [1.807, 2.05) is 0 Å². The highest BCUT2D eigenvalue weighted by molar-refractivity contribution is 5.91. The van der Waals surface area contributed by atoms with Crippen molar-refractivity contribution in [1.82, 2.24) is 4.57 Å². The number of carboxylic acids is 1. The van der Waals surface area contributed by atoms with E-state index in [1.165, 1.54) is 12.5 Å². The number of benzene rings is 1. The van der Waals surface area contributed by atoms with Crippen molar-refractivity contribution < 1.29 is 23.1 Å². The average molecular weight is 351 g/mol. The van der Waals surface area contributed by atoms with Gasteiger partial charge in [0.25, 0.3) is 0 Å². The number of nitrogens with zero attached hydrogens (tertiary/aromatic N) is 1. The van der Waals surface area contributed by atoms with Crippen molar-refractivity contribution in [2.45, 2.75) is 45.6 Å². The van der Waals surface area contributed by atoms with E-state index in [9.17, 15) is 23.1 Å². The molecule has 0 spiro atoms. The second-order valence-corrected chi connectivity index (χ2v) is 6.69. The Hall–Kier alpha value is -2.24. The summed E-state index contributed by atoms with van der Waals surface area (Å²) < 4.78 is 42.9. The molecule has 1 aromatic heterocycles. The van der Waals surface area contributed by atoms with Crippen molar-refractivity contribution in [3.8, 4) is 11.3 Å². The van der Waals surface area contributed by atoms with Crippen LogP contribution >= 0.6 is 0 Å². The zero-order valence-corrected chi connectivity index (χ0v) is 14.0. The van der Waals surface area contributed by atoms with E-state index in [0.29, 0.717) is 24.2 Å². The Morgan fingerprint density at radius 1 is 1.08 bits per heavy atom. The van der Waals surface area contributed by atoms with Crippen LogP contribution in [-0.2, 0) is 6.54 Å². The van der Waals surface area contributed by atoms with Crippen LogP contribution in [0.2, 0.25) is 0 Å². The lowest BCUT2D eigenvalue weighted by Gasteiger charge is -2.24. The minimum absolute atomic E-state index is 0.0509.